The number of alkyl halides is 3. The van der Waals surface area contributed by atoms with E-state index in [0.29, 0.717) is 48.8 Å². The zero-order valence-corrected chi connectivity index (χ0v) is 20.8. The third-order valence-electron chi connectivity index (χ3n) is 5.06. The number of hydrogen-bond donors (Lipinski definition) is 2. The van der Waals surface area contributed by atoms with Crippen molar-refractivity contribution in [2.24, 2.45) is 10.9 Å². The summed E-state index contributed by atoms with van der Waals surface area (Å²) in [5.74, 6) is 0.774. The van der Waals surface area contributed by atoms with Crippen molar-refractivity contribution in [1.29, 1.82) is 0 Å². The summed E-state index contributed by atoms with van der Waals surface area (Å²) in [6.45, 7) is 11.9. The average molecular weight is 557 g/mol. The number of piperidine rings is 1. The molecule has 0 aromatic heterocycles. The molecule has 1 fully saturated rings. The maximum Gasteiger partial charge on any atom is 0.511 e. The van der Waals surface area contributed by atoms with Crippen LogP contribution in [-0.2, 0) is 10.0 Å². The molecule has 1 saturated heterocycles. The van der Waals surface area contributed by atoms with Crippen LogP contribution < -0.4 is 10.6 Å². The fraction of sp³-hybridized carbons (Fsp3) is 0.941. The van der Waals surface area contributed by atoms with E-state index < -0.39 is 15.5 Å². The van der Waals surface area contributed by atoms with Crippen LogP contribution in [0.2, 0.25) is 0 Å². The smallest absolute Gasteiger partial charge is 0.357 e. The van der Waals surface area contributed by atoms with Gasteiger partial charge in [-0.05, 0) is 45.7 Å². The largest absolute Gasteiger partial charge is 0.511 e. The Morgan fingerprint density at radius 1 is 1.17 bits per heavy atom. The van der Waals surface area contributed by atoms with Crippen molar-refractivity contribution in [2.75, 3.05) is 45.8 Å². The average Bonchev–Trinajstić information content (AvgIpc) is 2.64. The summed E-state index contributed by atoms with van der Waals surface area (Å²) >= 11 is 0. The van der Waals surface area contributed by atoms with Crippen molar-refractivity contribution in [1.82, 2.24) is 19.8 Å². The molecule has 0 aliphatic carbocycles. The molecular weight excluding hydrogens is 522 g/mol. The fourth-order valence-electron chi connectivity index (χ4n) is 3.27. The van der Waals surface area contributed by atoms with Crippen LogP contribution in [0.4, 0.5) is 13.2 Å². The molecule has 0 bridgehead atoms. The van der Waals surface area contributed by atoms with Crippen LogP contribution >= 0.6 is 24.0 Å². The van der Waals surface area contributed by atoms with Gasteiger partial charge in [-0.3, -0.25) is 9.89 Å². The first-order chi connectivity index (χ1) is 13.1. The number of sulfonamides is 1. The molecule has 1 aliphatic heterocycles. The van der Waals surface area contributed by atoms with Gasteiger partial charge >= 0.3 is 15.5 Å². The van der Waals surface area contributed by atoms with Crippen molar-refractivity contribution >= 4 is 40.0 Å². The first kappa shape index (κ1) is 28.7. The third kappa shape index (κ3) is 8.74. The Balaban J connectivity index is 0.00000784. The topological polar surface area (TPSA) is 77.0 Å². The van der Waals surface area contributed by atoms with Gasteiger partial charge in [0, 0.05) is 32.2 Å². The number of hydrogen-bond acceptors (Lipinski definition) is 4. The van der Waals surface area contributed by atoms with Gasteiger partial charge in [0.05, 0.1) is 6.54 Å². The molecule has 12 heteroatoms. The predicted molar refractivity (Wildman–Crippen MR) is 121 cm³/mol. The number of nitrogens with one attached hydrogen (secondary N) is 2. The van der Waals surface area contributed by atoms with E-state index in [4.69, 9.17) is 0 Å². The minimum Gasteiger partial charge on any atom is -0.357 e. The second-order valence-electron chi connectivity index (χ2n) is 6.96. The van der Waals surface area contributed by atoms with Crippen LogP contribution in [0.3, 0.4) is 0 Å². The van der Waals surface area contributed by atoms with E-state index in [-0.39, 0.29) is 43.0 Å². The molecule has 0 aromatic carbocycles. The van der Waals surface area contributed by atoms with E-state index in [1.807, 2.05) is 6.92 Å². The zero-order chi connectivity index (χ0) is 21.4. The van der Waals surface area contributed by atoms with Crippen LogP contribution in [0.5, 0.6) is 0 Å². The van der Waals surface area contributed by atoms with Crippen LogP contribution in [0.1, 0.15) is 40.5 Å². The van der Waals surface area contributed by atoms with Gasteiger partial charge in [0.1, 0.15) is 0 Å². The van der Waals surface area contributed by atoms with Gasteiger partial charge in [-0.2, -0.15) is 17.5 Å². The highest BCUT2D eigenvalue weighted by atomic mass is 127. The highest BCUT2D eigenvalue weighted by Crippen LogP contribution is 2.30. The Hall–Kier alpha value is -0.340. The molecule has 2 N–H and O–H groups in total. The Labute approximate surface area is 189 Å². The number of rotatable bonds is 9. The fourth-order valence-corrected chi connectivity index (χ4v) is 4.25. The zero-order valence-electron chi connectivity index (χ0n) is 17.6. The van der Waals surface area contributed by atoms with E-state index in [9.17, 15) is 21.6 Å². The molecule has 1 rings (SSSR count). The summed E-state index contributed by atoms with van der Waals surface area (Å²) in [6, 6.07) is 0.307. The summed E-state index contributed by atoms with van der Waals surface area (Å²) in [6.07, 6.45) is 0.773. The lowest BCUT2D eigenvalue weighted by Crippen LogP contribution is -2.47. The van der Waals surface area contributed by atoms with Gasteiger partial charge in [0.15, 0.2) is 5.96 Å². The van der Waals surface area contributed by atoms with Crippen LogP contribution in [0.25, 0.3) is 0 Å². The summed E-state index contributed by atoms with van der Waals surface area (Å²) in [7, 11) is -5.22. The summed E-state index contributed by atoms with van der Waals surface area (Å²) in [5.41, 5.74) is -5.23. The molecular formula is C17H35F3IN5O2S. The van der Waals surface area contributed by atoms with Crippen LogP contribution in [0, 0.1) is 5.92 Å². The number of guanidine groups is 1. The molecule has 29 heavy (non-hydrogen) atoms. The Kier molecular flexibility index (Phi) is 13.0. The minimum atomic E-state index is -5.23. The van der Waals surface area contributed by atoms with Crippen molar-refractivity contribution < 1.29 is 21.6 Å². The van der Waals surface area contributed by atoms with E-state index in [2.05, 4.69) is 41.3 Å². The molecule has 1 atom stereocenters. The van der Waals surface area contributed by atoms with Gasteiger partial charge in [-0.25, -0.2) is 8.42 Å². The second-order valence-corrected chi connectivity index (χ2v) is 8.89. The van der Waals surface area contributed by atoms with E-state index in [1.54, 1.807) is 0 Å². The lowest BCUT2D eigenvalue weighted by molar-refractivity contribution is -0.0496. The van der Waals surface area contributed by atoms with Crippen molar-refractivity contribution in [3.63, 3.8) is 0 Å². The number of aliphatic imine (C=N–C) groups is 1. The molecule has 0 amide bonds. The lowest BCUT2D eigenvalue weighted by atomic mass is 9.98. The second kappa shape index (κ2) is 13.2. The maximum absolute atomic E-state index is 12.6. The van der Waals surface area contributed by atoms with E-state index in [1.165, 1.54) is 0 Å². The van der Waals surface area contributed by atoms with Gasteiger partial charge in [-0.1, -0.05) is 13.8 Å². The summed E-state index contributed by atoms with van der Waals surface area (Å²) < 4.78 is 61.4. The van der Waals surface area contributed by atoms with Crippen LogP contribution in [0.15, 0.2) is 4.99 Å². The van der Waals surface area contributed by atoms with Crippen molar-refractivity contribution in [3.8, 4) is 0 Å². The van der Waals surface area contributed by atoms with Crippen molar-refractivity contribution in [2.45, 2.75) is 52.1 Å². The first-order valence-corrected chi connectivity index (χ1v) is 11.3. The minimum absolute atomic E-state index is 0. The Bertz CT molecular complexity index is 592. The summed E-state index contributed by atoms with van der Waals surface area (Å²) in [5, 5.41) is 6.41. The van der Waals surface area contributed by atoms with Crippen LogP contribution in [-0.4, -0.2) is 80.9 Å². The molecule has 1 aliphatic rings. The number of halogens is 4. The maximum atomic E-state index is 12.6. The Morgan fingerprint density at radius 3 is 2.17 bits per heavy atom. The van der Waals surface area contributed by atoms with Crippen molar-refractivity contribution in [3.05, 3.63) is 0 Å². The van der Waals surface area contributed by atoms with E-state index >= 15 is 0 Å². The Morgan fingerprint density at radius 2 is 1.72 bits per heavy atom. The number of likely N-dealkylation sites (N-methyl/N-ethyl adjacent to an activating group) is 1. The van der Waals surface area contributed by atoms with Gasteiger partial charge in [-0.15, -0.1) is 24.0 Å². The molecule has 0 saturated carbocycles. The standard InChI is InChI=1S/C17H34F3N5O2S.HI/c1-5-21-16(22-12-14(4)24(6-2)7-3)23-13-15-8-10-25(11-9-15)28(26,27)17(18,19)20;/h14-15H,5-13H2,1-4H3,(H2,21,22,23);1H. The molecule has 174 valence electrons. The number of nitrogens with zero attached hydrogens (tertiary/aromatic N) is 3. The molecule has 7 nitrogen and oxygen atoms in total. The molecule has 0 aromatic rings. The normalized spacial score (nSPS) is 18.4. The quantitative estimate of drug-likeness (QED) is 0.259. The first-order valence-electron chi connectivity index (χ1n) is 9.89. The molecule has 1 heterocycles. The summed E-state index contributed by atoms with van der Waals surface area (Å²) in [4.78, 5) is 6.91. The molecule has 0 spiro atoms. The van der Waals surface area contributed by atoms with E-state index in [0.717, 1.165) is 13.1 Å². The highest BCUT2D eigenvalue weighted by molar-refractivity contribution is 14.0. The highest BCUT2D eigenvalue weighted by Gasteiger charge is 2.50. The monoisotopic (exact) mass is 557 g/mol. The SMILES string of the molecule is CCNC(=NCC(C)N(CC)CC)NCC1CCN(S(=O)(=O)C(F)(F)F)CC1.I. The van der Waals surface area contributed by atoms with Gasteiger partial charge in [0.2, 0.25) is 0 Å². The lowest BCUT2D eigenvalue weighted by Gasteiger charge is -2.31. The molecule has 1 unspecified atom stereocenters. The molecule has 0 radical (unpaired) electrons. The van der Waals surface area contributed by atoms with Gasteiger partial charge < -0.3 is 10.6 Å². The third-order valence-corrected chi connectivity index (χ3v) is 6.69. The van der Waals surface area contributed by atoms with Gasteiger partial charge in [0.25, 0.3) is 0 Å². The predicted octanol–water partition coefficient (Wildman–Crippen LogP) is 2.45.